The largest absolute Gasteiger partial charge is 0.467 e. The molecule has 0 saturated heterocycles. The van der Waals surface area contributed by atoms with Crippen LogP contribution in [0.2, 0.25) is 0 Å². The number of sulfonamides is 1. The molecule has 2 heterocycles. The Kier molecular flexibility index (Phi) is 5.61. The summed E-state index contributed by atoms with van der Waals surface area (Å²) >= 11 is 0. The van der Waals surface area contributed by atoms with Gasteiger partial charge in [0.2, 0.25) is 10.0 Å². The molecule has 1 aliphatic heterocycles. The molecular formula is C22H25NO5S. The molecule has 1 atom stereocenters. The normalized spacial score (nSPS) is 21.1. The van der Waals surface area contributed by atoms with Crippen LogP contribution >= 0.6 is 0 Å². The minimum absolute atomic E-state index is 0.0939. The number of benzene rings is 1. The van der Waals surface area contributed by atoms with Crippen molar-refractivity contribution in [2.75, 3.05) is 6.54 Å². The molecule has 0 radical (unpaired) electrons. The van der Waals surface area contributed by atoms with E-state index < -0.39 is 22.0 Å². The van der Waals surface area contributed by atoms with Gasteiger partial charge in [-0.25, -0.2) is 13.2 Å². The van der Waals surface area contributed by atoms with Gasteiger partial charge in [-0.3, -0.25) is 0 Å². The lowest BCUT2D eigenvalue weighted by Crippen LogP contribution is -2.34. The van der Waals surface area contributed by atoms with Crippen LogP contribution in [0.5, 0.6) is 0 Å². The van der Waals surface area contributed by atoms with Crippen molar-refractivity contribution in [1.82, 2.24) is 4.31 Å². The molecule has 0 unspecified atom stereocenters. The van der Waals surface area contributed by atoms with E-state index in [4.69, 9.17) is 9.15 Å². The fourth-order valence-corrected chi connectivity index (χ4v) is 5.50. The van der Waals surface area contributed by atoms with E-state index in [-0.39, 0.29) is 17.5 Å². The van der Waals surface area contributed by atoms with Crippen molar-refractivity contribution in [3.05, 3.63) is 65.6 Å². The molecule has 1 aromatic heterocycles. The van der Waals surface area contributed by atoms with Crippen LogP contribution in [0.15, 0.2) is 63.6 Å². The van der Waals surface area contributed by atoms with Crippen molar-refractivity contribution >= 4 is 16.0 Å². The van der Waals surface area contributed by atoms with Gasteiger partial charge in [-0.05, 0) is 56.9 Å². The number of carbonyl (C=O) groups excluding carboxylic acids is 1. The molecule has 0 amide bonds. The van der Waals surface area contributed by atoms with E-state index in [1.165, 1.54) is 10.6 Å². The maximum absolute atomic E-state index is 13.3. The molecule has 6 nitrogen and oxygen atoms in total. The number of hydrogen-bond donors (Lipinski definition) is 0. The van der Waals surface area contributed by atoms with Crippen molar-refractivity contribution < 1.29 is 22.4 Å². The Hall–Kier alpha value is -2.38. The van der Waals surface area contributed by atoms with E-state index in [0.29, 0.717) is 11.3 Å². The number of furan rings is 1. The summed E-state index contributed by atoms with van der Waals surface area (Å²) in [5, 5.41) is 0. The molecule has 2 aliphatic rings. The van der Waals surface area contributed by atoms with Gasteiger partial charge in [-0.1, -0.05) is 30.2 Å². The topological polar surface area (TPSA) is 76.8 Å². The van der Waals surface area contributed by atoms with E-state index in [1.54, 1.807) is 42.5 Å². The minimum Gasteiger partial charge on any atom is -0.467 e. The Balaban J connectivity index is 1.62. The monoisotopic (exact) mass is 415 g/mol. The number of esters is 1. The first-order chi connectivity index (χ1) is 14.0. The van der Waals surface area contributed by atoms with Gasteiger partial charge in [-0.15, -0.1) is 0 Å². The second kappa shape index (κ2) is 8.16. The molecule has 1 aliphatic carbocycles. The van der Waals surface area contributed by atoms with E-state index >= 15 is 0 Å². The standard InChI is InChI=1S/C22H25NO5S/c1-16-9-11-18(12-10-16)29(25,26)23-14-13-19(21(23)20-8-5-15-27-20)22(24)28-17-6-3-2-4-7-17/h5,8-13,15,17,21H,2-4,6-7,14H2,1H3/t21-/m0/s1. The molecule has 7 heteroatoms. The lowest BCUT2D eigenvalue weighted by atomic mass is 9.97. The number of rotatable bonds is 5. The summed E-state index contributed by atoms with van der Waals surface area (Å²) in [6.07, 6.45) is 7.99. The number of aryl methyl sites for hydroxylation is 1. The second-order valence-corrected chi connectivity index (χ2v) is 9.52. The summed E-state index contributed by atoms with van der Waals surface area (Å²) in [5.74, 6) is -0.0510. The van der Waals surface area contributed by atoms with Crippen molar-refractivity contribution in [3.63, 3.8) is 0 Å². The first kappa shape index (κ1) is 19.9. The quantitative estimate of drug-likeness (QED) is 0.686. The van der Waals surface area contributed by atoms with Gasteiger partial charge in [-0.2, -0.15) is 4.31 Å². The van der Waals surface area contributed by atoms with Crippen molar-refractivity contribution in [2.24, 2.45) is 0 Å². The highest BCUT2D eigenvalue weighted by Crippen LogP contribution is 2.39. The molecule has 0 N–H and O–H groups in total. The second-order valence-electron chi connectivity index (χ2n) is 7.63. The van der Waals surface area contributed by atoms with E-state index in [0.717, 1.165) is 37.7 Å². The molecule has 29 heavy (non-hydrogen) atoms. The molecule has 0 spiro atoms. The average molecular weight is 416 g/mol. The van der Waals surface area contributed by atoms with Crippen LogP contribution in [0.1, 0.15) is 49.5 Å². The molecular weight excluding hydrogens is 390 g/mol. The van der Waals surface area contributed by atoms with Crippen molar-refractivity contribution in [1.29, 1.82) is 0 Å². The van der Waals surface area contributed by atoms with Gasteiger partial charge in [0.25, 0.3) is 0 Å². The molecule has 1 fully saturated rings. The van der Waals surface area contributed by atoms with Crippen LogP contribution in [0.3, 0.4) is 0 Å². The predicted molar refractivity (Wildman–Crippen MR) is 108 cm³/mol. The molecule has 4 rings (SSSR count). The fraction of sp³-hybridized carbons (Fsp3) is 0.409. The Morgan fingerprint density at radius 1 is 1.10 bits per heavy atom. The average Bonchev–Trinajstić information content (AvgIpc) is 3.39. The SMILES string of the molecule is Cc1ccc(S(=O)(=O)N2CC=C(C(=O)OC3CCCCC3)[C@H]2c2ccco2)cc1. The van der Waals surface area contributed by atoms with Gasteiger partial charge >= 0.3 is 5.97 Å². The van der Waals surface area contributed by atoms with Gasteiger partial charge in [0.15, 0.2) is 0 Å². The summed E-state index contributed by atoms with van der Waals surface area (Å²) < 4.78 is 39.1. The lowest BCUT2D eigenvalue weighted by molar-refractivity contribution is -0.146. The highest BCUT2D eigenvalue weighted by Gasteiger charge is 2.43. The van der Waals surface area contributed by atoms with Gasteiger partial charge in [0.1, 0.15) is 17.9 Å². The first-order valence-corrected chi connectivity index (χ1v) is 11.4. The van der Waals surface area contributed by atoms with Crippen LogP contribution < -0.4 is 0 Å². The molecule has 1 saturated carbocycles. The third-order valence-corrected chi connectivity index (χ3v) is 7.42. The zero-order valence-electron chi connectivity index (χ0n) is 16.4. The van der Waals surface area contributed by atoms with Gasteiger partial charge < -0.3 is 9.15 Å². The number of ether oxygens (including phenoxy) is 1. The van der Waals surface area contributed by atoms with Crippen LogP contribution in [0, 0.1) is 6.92 Å². The van der Waals surface area contributed by atoms with E-state index in [1.807, 2.05) is 6.92 Å². The summed E-state index contributed by atoms with van der Waals surface area (Å²) in [7, 11) is -3.82. The Labute approximate surface area is 171 Å². The molecule has 0 bridgehead atoms. The smallest absolute Gasteiger partial charge is 0.336 e. The Bertz CT molecular complexity index is 986. The van der Waals surface area contributed by atoms with E-state index in [9.17, 15) is 13.2 Å². The molecule has 1 aromatic carbocycles. The van der Waals surface area contributed by atoms with E-state index in [2.05, 4.69) is 0 Å². The number of hydrogen-bond acceptors (Lipinski definition) is 5. The maximum atomic E-state index is 13.3. The lowest BCUT2D eigenvalue weighted by Gasteiger charge is -2.26. The van der Waals surface area contributed by atoms with Crippen molar-refractivity contribution in [3.8, 4) is 0 Å². The van der Waals surface area contributed by atoms with Crippen LogP contribution in [-0.4, -0.2) is 31.3 Å². The molecule has 154 valence electrons. The van der Waals surface area contributed by atoms with Crippen LogP contribution in [-0.2, 0) is 19.6 Å². The summed E-state index contributed by atoms with van der Waals surface area (Å²) in [4.78, 5) is 13.1. The fourth-order valence-electron chi connectivity index (χ4n) is 3.98. The Morgan fingerprint density at radius 2 is 1.83 bits per heavy atom. The van der Waals surface area contributed by atoms with Crippen LogP contribution in [0.4, 0.5) is 0 Å². The predicted octanol–water partition coefficient (Wildman–Crippen LogP) is 4.14. The highest BCUT2D eigenvalue weighted by molar-refractivity contribution is 7.89. The first-order valence-electron chi connectivity index (χ1n) is 10.00. The third-order valence-electron chi connectivity index (χ3n) is 5.58. The summed E-state index contributed by atoms with van der Waals surface area (Å²) in [6.45, 7) is 2.00. The Morgan fingerprint density at radius 3 is 2.48 bits per heavy atom. The third kappa shape index (κ3) is 4.02. The zero-order valence-corrected chi connectivity index (χ0v) is 17.2. The zero-order chi connectivity index (χ0) is 20.4. The van der Waals surface area contributed by atoms with Crippen LogP contribution in [0.25, 0.3) is 0 Å². The highest BCUT2D eigenvalue weighted by atomic mass is 32.2. The number of carbonyl (C=O) groups is 1. The summed E-state index contributed by atoms with van der Waals surface area (Å²) in [6, 6.07) is 9.24. The minimum atomic E-state index is -3.82. The van der Waals surface area contributed by atoms with Gasteiger partial charge in [0.05, 0.1) is 16.7 Å². The summed E-state index contributed by atoms with van der Waals surface area (Å²) in [5.41, 5.74) is 1.30. The van der Waals surface area contributed by atoms with Crippen molar-refractivity contribution in [2.45, 2.75) is 56.1 Å². The molecule has 2 aromatic rings. The number of nitrogens with zero attached hydrogens (tertiary/aromatic N) is 1. The van der Waals surface area contributed by atoms with Gasteiger partial charge in [0, 0.05) is 6.54 Å². The maximum Gasteiger partial charge on any atom is 0.336 e.